The standard InChI is InChI=1S/C16H20N2O4/c1-17-15(21)18-13(19)11-22-14(20)16(9-5-6-10-16)12-7-3-2-4-8-12/h2-4,7-8H,5-6,9-11H2,1H3,(H2,17,18,19,21). The second-order valence-corrected chi connectivity index (χ2v) is 5.36. The highest BCUT2D eigenvalue weighted by Crippen LogP contribution is 2.42. The summed E-state index contributed by atoms with van der Waals surface area (Å²) in [6.45, 7) is -0.458. The van der Waals surface area contributed by atoms with Crippen molar-refractivity contribution in [2.24, 2.45) is 0 Å². The summed E-state index contributed by atoms with van der Waals surface area (Å²) in [4.78, 5) is 35.1. The highest BCUT2D eigenvalue weighted by molar-refractivity contribution is 5.96. The van der Waals surface area contributed by atoms with Crippen molar-refractivity contribution in [3.63, 3.8) is 0 Å². The van der Waals surface area contributed by atoms with Crippen LogP contribution < -0.4 is 10.6 Å². The third kappa shape index (κ3) is 3.44. The van der Waals surface area contributed by atoms with Crippen LogP contribution in [-0.2, 0) is 19.7 Å². The van der Waals surface area contributed by atoms with Crippen molar-refractivity contribution in [3.8, 4) is 0 Å². The first-order chi connectivity index (χ1) is 10.6. The smallest absolute Gasteiger partial charge is 0.321 e. The Morgan fingerprint density at radius 3 is 2.36 bits per heavy atom. The monoisotopic (exact) mass is 304 g/mol. The SMILES string of the molecule is CNC(=O)NC(=O)COC(=O)C1(c2ccccc2)CCCC1. The molecule has 0 atom stereocenters. The van der Waals surface area contributed by atoms with Crippen molar-refractivity contribution in [1.82, 2.24) is 10.6 Å². The van der Waals surface area contributed by atoms with Crippen LogP contribution in [0.3, 0.4) is 0 Å². The summed E-state index contributed by atoms with van der Waals surface area (Å²) in [5, 5.41) is 4.32. The van der Waals surface area contributed by atoms with Gasteiger partial charge in [-0.25, -0.2) is 4.79 Å². The maximum atomic E-state index is 12.5. The summed E-state index contributed by atoms with van der Waals surface area (Å²) >= 11 is 0. The zero-order chi connectivity index (χ0) is 16.0. The summed E-state index contributed by atoms with van der Waals surface area (Å²) < 4.78 is 5.16. The lowest BCUT2D eigenvalue weighted by atomic mass is 9.79. The van der Waals surface area contributed by atoms with Crippen LogP contribution in [0.1, 0.15) is 31.2 Å². The molecule has 0 heterocycles. The normalized spacial score (nSPS) is 15.9. The van der Waals surface area contributed by atoms with E-state index in [2.05, 4.69) is 10.6 Å². The molecule has 6 nitrogen and oxygen atoms in total. The van der Waals surface area contributed by atoms with Crippen LogP contribution in [0.2, 0.25) is 0 Å². The fourth-order valence-electron chi connectivity index (χ4n) is 2.84. The van der Waals surface area contributed by atoms with Gasteiger partial charge in [0, 0.05) is 7.05 Å². The van der Waals surface area contributed by atoms with Gasteiger partial charge in [-0.3, -0.25) is 14.9 Å². The Bertz CT molecular complexity index is 551. The molecular formula is C16H20N2O4. The Balaban J connectivity index is 2.03. The van der Waals surface area contributed by atoms with Crippen molar-refractivity contribution < 1.29 is 19.1 Å². The predicted molar refractivity (Wildman–Crippen MR) is 80.1 cm³/mol. The molecule has 0 unspecified atom stereocenters. The number of ether oxygens (including phenoxy) is 1. The van der Waals surface area contributed by atoms with Gasteiger partial charge in [-0.1, -0.05) is 43.2 Å². The first-order valence-corrected chi connectivity index (χ1v) is 7.33. The van der Waals surface area contributed by atoms with E-state index in [0.717, 1.165) is 18.4 Å². The van der Waals surface area contributed by atoms with E-state index >= 15 is 0 Å². The lowest BCUT2D eigenvalue weighted by molar-refractivity contribution is -0.154. The molecule has 0 spiro atoms. The van der Waals surface area contributed by atoms with E-state index in [4.69, 9.17) is 4.74 Å². The van der Waals surface area contributed by atoms with E-state index in [-0.39, 0.29) is 0 Å². The second-order valence-electron chi connectivity index (χ2n) is 5.36. The Labute approximate surface area is 129 Å². The van der Waals surface area contributed by atoms with Crippen LogP contribution in [0.4, 0.5) is 4.79 Å². The summed E-state index contributed by atoms with van der Waals surface area (Å²) in [7, 11) is 1.40. The zero-order valence-electron chi connectivity index (χ0n) is 12.6. The molecule has 2 rings (SSSR count). The van der Waals surface area contributed by atoms with E-state index in [9.17, 15) is 14.4 Å². The van der Waals surface area contributed by atoms with Gasteiger partial charge in [0.15, 0.2) is 6.61 Å². The largest absolute Gasteiger partial charge is 0.455 e. The van der Waals surface area contributed by atoms with Gasteiger partial charge in [-0.2, -0.15) is 0 Å². The maximum absolute atomic E-state index is 12.5. The minimum atomic E-state index is -0.672. The molecule has 118 valence electrons. The molecule has 0 saturated heterocycles. The average molecular weight is 304 g/mol. The third-order valence-corrected chi connectivity index (χ3v) is 3.99. The Kier molecular flexibility index (Phi) is 5.14. The topological polar surface area (TPSA) is 84.5 Å². The van der Waals surface area contributed by atoms with Gasteiger partial charge in [-0.05, 0) is 18.4 Å². The molecule has 0 aliphatic heterocycles. The summed E-state index contributed by atoms with van der Waals surface area (Å²) in [5.74, 6) is -1.04. The number of imide groups is 1. The van der Waals surface area contributed by atoms with Crippen molar-refractivity contribution in [3.05, 3.63) is 35.9 Å². The molecule has 0 bridgehead atoms. The number of nitrogens with one attached hydrogen (secondary N) is 2. The highest BCUT2D eigenvalue weighted by Gasteiger charge is 2.44. The van der Waals surface area contributed by atoms with E-state index in [1.54, 1.807) is 0 Å². The number of rotatable bonds is 4. The van der Waals surface area contributed by atoms with E-state index < -0.39 is 29.9 Å². The molecule has 1 aromatic rings. The van der Waals surface area contributed by atoms with Crippen LogP contribution in [0, 0.1) is 0 Å². The van der Waals surface area contributed by atoms with Gasteiger partial charge >= 0.3 is 12.0 Å². The fourth-order valence-corrected chi connectivity index (χ4v) is 2.84. The maximum Gasteiger partial charge on any atom is 0.321 e. The molecule has 6 heteroatoms. The second kappa shape index (κ2) is 7.06. The third-order valence-electron chi connectivity index (χ3n) is 3.99. The number of hydrogen-bond acceptors (Lipinski definition) is 4. The number of urea groups is 1. The molecule has 22 heavy (non-hydrogen) atoms. The van der Waals surface area contributed by atoms with Crippen molar-refractivity contribution in [2.75, 3.05) is 13.7 Å². The Morgan fingerprint density at radius 1 is 1.14 bits per heavy atom. The Hall–Kier alpha value is -2.37. The lowest BCUT2D eigenvalue weighted by Gasteiger charge is -2.27. The van der Waals surface area contributed by atoms with E-state index in [1.807, 2.05) is 30.3 Å². The quantitative estimate of drug-likeness (QED) is 0.826. The minimum Gasteiger partial charge on any atom is -0.455 e. The van der Waals surface area contributed by atoms with Gasteiger partial charge < -0.3 is 10.1 Å². The van der Waals surface area contributed by atoms with Gasteiger partial charge in [0.05, 0.1) is 5.41 Å². The number of carbonyl (C=O) groups excluding carboxylic acids is 3. The number of benzene rings is 1. The van der Waals surface area contributed by atoms with Crippen LogP contribution in [0.25, 0.3) is 0 Å². The number of amides is 3. The van der Waals surface area contributed by atoms with Crippen molar-refractivity contribution >= 4 is 17.9 Å². The molecule has 1 aliphatic rings. The van der Waals surface area contributed by atoms with Gasteiger partial charge in [0.25, 0.3) is 5.91 Å². The predicted octanol–water partition coefficient (Wildman–Crippen LogP) is 1.50. The number of esters is 1. The first kappa shape index (κ1) is 16.0. The fraction of sp³-hybridized carbons (Fsp3) is 0.438. The Morgan fingerprint density at radius 2 is 1.77 bits per heavy atom. The van der Waals surface area contributed by atoms with Crippen LogP contribution in [0.15, 0.2) is 30.3 Å². The molecule has 1 saturated carbocycles. The van der Waals surface area contributed by atoms with E-state index in [0.29, 0.717) is 12.8 Å². The lowest BCUT2D eigenvalue weighted by Crippen LogP contribution is -2.41. The zero-order valence-corrected chi connectivity index (χ0v) is 12.6. The molecule has 2 N–H and O–H groups in total. The number of hydrogen-bond donors (Lipinski definition) is 2. The van der Waals surface area contributed by atoms with Crippen molar-refractivity contribution in [1.29, 1.82) is 0 Å². The summed E-state index contributed by atoms with van der Waals surface area (Å²) in [6, 6.07) is 8.88. The molecule has 0 aromatic heterocycles. The highest BCUT2D eigenvalue weighted by atomic mass is 16.5. The van der Waals surface area contributed by atoms with Crippen LogP contribution >= 0.6 is 0 Å². The molecular weight excluding hydrogens is 284 g/mol. The minimum absolute atomic E-state index is 0.400. The number of carbonyl (C=O) groups is 3. The molecule has 0 radical (unpaired) electrons. The van der Waals surface area contributed by atoms with Crippen molar-refractivity contribution in [2.45, 2.75) is 31.1 Å². The van der Waals surface area contributed by atoms with E-state index in [1.165, 1.54) is 7.05 Å². The van der Waals surface area contributed by atoms with Crippen LogP contribution in [-0.4, -0.2) is 31.6 Å². The van der Waals surface area contributed by atoms with Gasteiger partial charge in [0.2, 0.25) is 0 Å². The summed E-state index contributed by atoms with van der Waals surface area (Å²) in [6.07, 6.45) is 3.34. The summed E-state index contributed by atoms with van der Waals surface area (Å²) in [5.41, 5.74) is 0.248. The molecule has 1 aromatic carbocycles. The van der Waals surface area contributed by atoms with Gasteiger partial charge in [0.1, 0.15) is 0 Å². The van der Waals surface area contributed by atoms with Crippen LogP contribution in [0.5, 0.6) is 0 Å². The first-order valence-electron chi connectivity index (χ1n) is 7.33. The van der Waals surface area contributed by atoms with Gasteiger partial charge in [-0.15, -0.1) is 0 Å². The molecule has 1 fully saturated rings. The molecule has 3 amide bonds. The molecule has 1 aliphatic carbocycles. The average Bonchev–Trinajstić information content (AvgIpc) is 3.04.